The molecule has 0 aromatic carbocycles. The second-order valence-electron chi connectivity index (χ2n) is 1.01. The SMILES string of the molecule is C1=C=CC=CC=1.[HH].[HH].[Pb]. The maximum absolute atomic E-state index is 2.77. The van der Waals surface area contributed by atoms with Crippen LogP contribution in [0.5, 0.6) is 0 Å². The first-order valence-corrected chi connectivity index (χ1v) is 1.83. The molecule has 1 heteroatoms. The molecular weight excluding hydrogens is 279 g/mol. The number of hydrogen-bond donors (Lipinski definition) is 0. The molecule has 0 aliphatic heterocycles. The fraction of sp³-hybridized carbons (Fsp3) is 0. The molecule has 1 aliphatic rings. The summed E-state index contributed by atoms with van der Waals surface area (Å²) in [6.45, 7) is 0. The Bertz CT molecular complexity index is 142. The van der Waals surface area contributed by atoms with Crippen molar-refractivity contribution in [3.63, 3.8) is 0 Å². The summed E-state index contributed by atoms with van der Waals surface area (Å²) in [6.07, 6.45) is 7.47. The van der Waals surface area contributed by atoms with Gasteiger partial charge in [-0.25, -0.2) is 0 Å². The van der Waals surface area contributed by atoms with Crippen LogP contribution in [-0.4, -0.2) is 27.3 Å². The van der Waals surface area contributed by atoms with E-state index in [0.29, 0.717) is 0 Å². The molecular formula is C6H8Pb. The molecule has 0 N–H and O–H groups in total. The minimum absolute atomic E-state index is 0. The largest absolute Gasteiger partial charge is 0.0702 e. The van der Waals surface area contributed by atoms with Gasteiger partial charge in [0.15, 0.2) is 0 Å². The molecule has 7 heavy (non-hydrogen) atoms. The van der Waals surface area contributed by atoms with E-state index in [-0.39, 0.29) is 30.2 Å². The van der Waals surface area contributed by atoms with Crippen LogP contribution in [0.25, 0.3) is 0 Å². The number of allylic oxidation sites excluding steroid dienone is 4. The van der Waals surface area contributed by atoms with Gasteiger partial charge in [-0.15, -0.1) is 0 Å². The molecule has 0 atom stereocenters. The maximum Gasteiger partial charge on any atom is 0 e. The first kappa shape index (κ1) is 6.96. The molecule has 0 nitrogen and oxygen atoms in total. The predicted octanol–water partition coefficient (Wildman–Crippen LogP) is 1.53. The van der Waals surface area contributed by atoms with Gasteiger partial charge in [-0.05, 0) is 12.2 Å². The van der Waals surface area contributed by atoms with Crippen LogP contribution in [0, 0.1) is 0 Å². The summed E-state index contributed by atoms with van der Waals surface area (Å²) in [7, 11) is 0. The Morgan fingerprint density at radius 2 is 1.43 bits per heavy atom. The average Bonchev–Trinajstić information content (AvgIpc) is 1.72. The van der Waals surface area contributed by atoms with Crippen LogP contribution in [0.3, 0.4) is 0 Å². The zero-order valence-electron chi connectivity index (χ0n) is 3.81. The summed E-state index contributed by atoms with van der Waals surface area (Å²) in [5, 5.41) is 0. The molecule has 0 saturated heterocycles. The third kappa shape index (κ3) is 2.63. The van der Waals surface area contributed by atoms with Gasteiger partial charge in [-0.1, -0.05) is 23.6 Å². The Morgan fingerprint density at radius 1 is 1.00 bits per heavy atom. The zero-order valence-corrected chi connectivity index (χ0v) is 7.70. The van der Waals surface area contributed by atoms with Crippen LogP contribution in [0.1, 0.15) is 2.85 Å². The van der Waals surface area contributed by atoms with Crippen molar-refractivity contribution < 1.29 is 2.85 Å². The van der Waals surface area contributed by atoms with Crippen LogP contribution in [-0.2, 0) is 0 Å². The Kier molecular flexibility index (Phi) is 4.11. The summed E-state index contributed by atoms with van der Waals surface area (Å²) >= 11 is 0. The molecule has 4 radical (unpaired) electrons. The van der Waals surface area contributed by atoms with Gasteiger partial charge in [-0.2, -0.15) is 0 Å². The molecule has 36 valence electrons. The summed E-state index contributed by atoms with van der Waals surface area (Å²) < 4.78 is 0. The molecule has 0 aromatic heterocycles. The van der Waals surface area contributed by atoms with Crippen LogP contribution in [0.2, 0.25) is 0 Å². The molecule has 1 rings (SSSR count). The van der Waals surface area contributed by atoms with E-state index in [4.69, 9.17) is 0 Å². The third-order valence-corrected chi connectivity index (χ3v) is 0.554. The van der Waals surface area contributed by atoms with Gasteiger partial charge in [0.1, 0.15) is 0 Å². The molecule has 0 fully saturated rings. The van der Waals surface area contributed by atoms with Crippen molar-refractivity contribution in [2.24, 2.45) is 0 Å². The van der Waals surface area contributed by atoms with E-state index in [9.17, 15) is 0 Å². The minimum Gasteiger partial charge on any atom is -0.0702 e. The average molecular weight is 287 g/mol. The van der Waals surface area contributed by atoms with Crippen molar-refractivity contribution in [2.75, 3.05) is 0 Å². The van der Waals surface area contributed by atoms with Gasteiger partial charge in [0.2, 0.25) is 0 Å². The van der Waals surface area contributed by atoms with E-state index >= 15 is 0 Å². The van der Waals surface area contributed by atoms with Crippen molar-refractivity contribution in [2.45, 2.75) is 0 Å². The Morgan fingerprint density at radius 3 is 1.57 bits per heavy atom. The number of rotatable bonds is 0. The van der Waals surface area contributed by atoms with Crippen molar-refractivity contribution in [3.05, 3.63) is 35.8 Å². The Balaban J connectivity index is -0.000000120. The zero-order chi connectivity index (χ0) is 4.24. The van der Waals surface area contributed by atoms with E-state index in [1.165, 1.54) is 0 Å². The van der Waals surface area contributed by atoms with Crippen LogP contribution in [0.15, 0.2) is 35.8 Å². The molecule has 0 heterocycles. The van der Waals surface area contributed by atoms with Gasteiger partial charge in [0, 0.05) is 30.2 Å². The first-order valence-electron chi connectivity index (χ1n) is 1.83. The van der Waals surface area contributed by atoms with E-state index in [0.717, 1.165) is 0 Å². The second-order valence-corrected chi connectivity index (χ2v) is 1.01. The van der Waals surface area contributed by atoms with E-state index in [1.807, 2.05) is 24.3 Å². The quantitative estimate of drug-likeness (QED) is 0.468. The fourth-order valence-electron chi connectivity index (χ4n) is 0.304. The van der Waals surface area contributed by atoms with Gasteiger partial charge in [-0.3, -0.25) is 0 Å². The molecule has 0 aromatic rings. The smallest absolute Gasteiger partial charge is 0 e. The maximum atomic E-state index is 2.77. The molecule has 1 aliphatic carbocycles. The summed E-state index contributed by atoms with van der Waals surface area (Å²) in [4.78, 5) is 0. The van der Waals surface area contributed by atoms with Crippen LogP contribution >= 0.6 is 0 Å². The molecule has 0 spiro atoms. The topological polar surface area (TPSA) is 0 Å². The summed E-state index contributed by atoms with van der Waals surface area (Å²) in [6, 6.07) is 0. The second kappa shape index (κ2) is 4.13. The van der Waals surface area contributed by atoms with Gasteiger partial charge < -0.3 is 0 Å². The van der Waals surface area contributed by atoms with Gasteiger partial charge >= 0.3 is 0 Å². The summed E-state index contributed by atoms with van der Waals surface area (Å²) in [5.74, 6) is 0. The molecule has 0 bridgehead atoms. The van der Waals surface area contributed by atoms with Crippen LogP contribution in [0.4, 0.5) is 0 Å². The predicted molar refractivity (Wildman–Crippen MR) is 35.3 cm³/mol. The van der Waals surface area contributed by atoms with Gasteiger partial charge in [0.05, 0.1) is 0 Å². The summed E-state index contributed by atoms with van der Waals surface area (Å²) in [5.41, 5.74) is 5.53. The molecule has 0 unspecified atom stereocenters. The van der Waals surface area contributed by atoms with E-state index in [2.05, 4.69) is 11.5 Å². The third-order valence-electron chi connectivity index (χ3n) is 0.554. The Labute approximate surface area is 66.1 Å². The monoisotopic (exact) mass is 288 g/mol. The van der Waals surface area contributed by atoms with E-state index < -0.39 is 0 Å². The van der Waals surface area contributed by atoms with E-state index in [1.54, 1.807) is 0 Å². The first-order chi connectivity index (χ1) is 3.00. The molecule has 0 amide bonds. The molecule has 0 saturated carbocycles. The van der Waals surface area contributed by atoms with Gasteiger partial charge in [0.25, 0.3) is 0 Å². The normalized spacial score (nSPS) is 11.4. The standard InChI is InChI=1S/C6H4.Pb.2H2/c1-2-4-6-5-3-1;;;/h1-4H;;2*1H. The minimum atomic E-state index is 0. The fourth-order valence-corrected chi connectivity index (χ4v) is 0.304. The van der Waals surface area contributed by atoms with Crippen molar-refractivity contribution in [3.8, 4) is 0 Å². The van der Waals surface area contributed by atoms with Crippen LogP contribution < -0.4 is 0 Å². The Hall–Kier alpha value is -0.0379. The number of hydrogen-bond acceptors (Lipinski definition) is 0. The van der Waals surface area contributed by atoms with Crippen molar-refractivity contribution in [1.29, 1.82) is 0 Å². The van der Waals surface area contributed by atoms with Crippen molar-refractivity contribution in [1.82, 2.24) is 0 Å². The van der Waals surface area contributed by atoms with Crippen molar-refractivity contribution >= 4 is 27.3 Å².